The first-order chi connectivity index (χ1) is 7.63. The zero-order valence-corrected chi connectivity index (χ0v) is 10.8. The van der Waals surface area contributed by atoms with Crippen molar-refractivity contribution in [3.05, 3.63) is 4.77 Å². The molecule has 0 saturated carbocycles. The molecule has 0 radical (unpaired) electrons. The maximum absolute atomic E-state index is 5.66. The summed E-state index contributed by atoms with van der Waals surface area (Å²) >= 11 is 5.13. The van der Waals surface area contributed by atoms with Crippen LogP contribution in [0.2, 0.25) is 0 Å². The van der Waals surface area contributed by atoms with Crippen molar-refractivity contribution in [3.63, 3.8) is 0 Å². The molecule has 1 aliphatic rings. The standard InChI is InChI=1S/C10H18N4OS/c1-4-8-6-15-7(2)5-14(8)9-11-12-10(16)13(9)3/h7-8H,4-6H2,1-3H3,(H,12,16). The normalized spacial score (nSPS) is 26.1. The van der Waals surface area contributed by atoms with Gasteiger partial charge in [0.15, 0.2) is 4.77 Å². The fraction of sp³-hybridized carbons (Fsp3) is 0.800. The molecule has 1 N–H and O–H groups in total. The average Bonchev–Trinajstić information content (AvgIpc) is 2.60. The van der Waals surface area contributed by atoms with Crippen molar-refractivity contribution in [2.45, 2.75) is 32.4 Å². The van der Waals surface area contributed by atoms with E-state index in [4.69, 9.17) is 17.0 Å². The van der Waals surface area contributed by atoms with Gasteiger partial charge in [0.2, 0.25) is 5.95 Å². The van der Waals surface area contributed by atoms with E-state index < -0.39 is 0 Å². The number of H-pyrrole nitrogens is 1. The zero-order valence-electron chi connectivity index (χ0n) is 9.93. The van der Waals surface area contributed by atoms with Crippen molar-refractivity contribution in [1.82, 2.24) is 14.8 Å². The monoisotopic (exact) mass is 242 g/mol. The quantitative estimate of drug-likeness (QED) is 0.798. The number of nitrogens with one attached hydrogen (secondary N) is 1. The first-order valence-corrected chi connectivity index (χ1v) is 6.04. The van der Waals surface area contributed by atoms with Gasteiger partial charge in [-0.25, -0.2) is 5.10 Å². The van der Waals surface area contributed by atoms with Gasteiger partial charge in [0.25, 0.3) is 0 Å². The summed E-state index contributed by atoms with van der Waals surface area (Å²) in [5.74, 6) is 0.909. The smallest absolute Gasteiger partial charge is 0.225 e. The second-order valence-corrected chi connectivity index (χ2v) is 4.63. The number of nitrogens with zero attached hydrogens (tertiary/aromatic N) is 3. The van der Waals surface area contributed by atoms with E-state index in [1.54, 1.807) is 0 Å². The van der Waals surface area contributed by atoms with Crippen LogP contribution >= 0.6 is 12.2 Å². The SMILES string of the molecule is CCC1COC(C)CN1c1n[nH]c(=S)n1C. The first-order valence-electron chi connectivity index (χ1n) is 5.63. The molecule has 0 aromatic carbocycles. The van der Waals surface area contributed by atoms with E-state index in [-0.39, 0.29) is 6.10 Å². The summed E-state index contributed by atoms with van der Waals surface area (Å²) in [4.78, 5) is 2.28. The van der Waals surface area contributed by atoms with Gasteiger partial charge in [0, 0.05) is 13.6 Å². The van der Waals surface area contributed by atoms with Gasteiger partial charge in [-0.1, -0.05) is 6.92 Å². The molecule has 1 aromatic rings. The molecule has 2 unspecified atom stereocenters. The lowest BCUT2D eigenvalue weighted by atomic mass is 10.1. The van der Waals surface area contributed by atoms with Gasteiger partial charge in [-0.2, -0.15) is 0 Å². The van der Waals surface area contributed by atoms with E-state index in [2.05, 4.69) is 28.9 Å². The van der Waals surface area contributed by atoms with Crippen LogP contribution in [-0.4, -0.2) is 40.1 Å². The third-order valence-corrected chi connectivity index (χ3v) is 3.42. The van der Waals surface area contributed by atoms with Crippen molar-refractivity contribution in [2.75, 3.05) is 18.1 Å². The van der Waals surface area contributed by atoms with Gasteiger partial charge in [-0.15, -0.1) is 5.10 Å². The Morgan fingerprint density at radius 1 is 1.62 bits per heavy atom. The number of hydrogen-bond acceptors (Lipinski definition) is 4. The summed E-state index contributed by atoms with van der Waals surface area (Å²) < 4.78 is 8.23. The Morgan fingerprint density at radius 3 is 2.94 bits per heavy atom. The minimum atomic E-state index is 0.244. The number of anilines is 1. The van der Waals surface area contributed by atoms with Gasteiger partial charge in [0.05, 0.1) is 18.8 Å². The summed E-state index contributed by atoms with van der Waals surface area (Å²) in [6.45, 7) is 5.88. The number of ether oxygens (including phenoxy) is 1. The van der Waals surface area contributed by atoms with Crippen LogP contribution in [0.1, 0.15) is 20.3 Å². The Morgan fingerprint density at radius 2 is 2.38 bits per heavy atom. The summed E-state index contributed by atoms with van der Waals surface area (Å²) in [5, 5.41) is 7.11. The lowest BCUT2D eigenvalue weighted by Crippen LogP contribution is -2.49. The minimum absolute atomic E-state index is 0.244. The van der Waals surface area contributed by atoms with Gasteiger partial charge >= 0.3 is 0 Å². The molecule has 2 atom stereocenters. The average molecular weight is 242 g/mol. The maximum Gasteiger partial charge on any atom is 0.225 e. The lowest BCUT2D eigenvalue weighted by molar-refractivity contribution is 0.0290. The third-order valence-electron chi connectivity index (χ3n) is 3.05. The van der Waals surface area contributed by atoms with Crippen LogP contribution in [0.3, 0.4) is 0 Å². The van der Waals surface area contributed by atoms with Crippen LogP contribution in [0.15, 0.2) is 0 Å². The molecule has 90 valence electrons. The number of aromatic amines is 1. The Hall–Kier alpha value is -0.880. The van der Waals surface area contributed by atoms with Crippen molar-refractivity contribution >= 4 is 18.2 Å². The third kappa shape index (κ3) is 1.99. The Balaban J connectivity index is 2.29. The second kappa shape index (κ2) is 4.55. The molecule has 1 fully saturated rings. The highest BCUT2D eigenvalue weighted by Gasteiger charge is 2.28. The fourth-order valence-corrected chi connectivity index (χ4v) is 2.15. The molecule has 0 amide bonds. The molecular weight excluding hydrogens is 224 g/mol. The molecule has 1 aliphatic heterocycles. The number of rotatable bonds is 2. The van der Waals surface area contributed by atoms with Gasteiger partial charge in [0.1, 0.15) is 0 Å². The summed E-state index contributed by atoms with van der Waals surface area (Å²) in [6.07, 6.45) is 1.29. The van der Waals surface area contributed by atoms with E-state index >= 15 is 0 Å². The number of aromatic nitrogens is 3. The van der Waals surface area contributed by atoms with Crippen LogP contribution < -0.4 is 4.90 Å². The lowest BCUT2D eigenvalue weighted by Gasteiger charge is -2.38. The predicted molar refractivity (Wildman–Crippen MR) is 65.2 cm³/mol. The van der Waals surface area contributed by atoms with Crippen molar-refractivity contribution < 1.29 is 4.74 Å². The highest BCUT2D eigenvalue weighted by Crippen LogP contribution is 2.20. The molecule has 6 heteroatoms. The minimum Gasteiger partial charge on any atom is -0.375 e. The van der Waals surface area contributed by atoms with Crippen molar-refractivity contribution in [1.29, 1.82) is 0 Å². The number of hydrogen-bond donors (Lipinski definition) is 1. The molecule has 5 nitrogen and oxygen atoms in total. The second-order valence-electron chi connectivity index (χ2n) is 4.25. The van der Waals surface area contributed by atoms with E-state index in [9.17, 15) is 0 Å². The maximum atomic E-state index is 5.66. The molecular formula is C10H18N4OS. The van der Waals surface area contributed by atoms with E-state index in [1.807, 2.05) is 11.6 Å². The van der Waals surface area contributed by atoms with E-state index in [0.717, 1.165) is 25.5 Å². The largest absolute Gasteiger partial charge is 0.375 e. The summed E-state index contributed by atoms with van der Waals surface area (Å²) in [5.41, 5.74) is 0. The summed E-state index contributed by atoms with van der Waals surface area (Å²) in [7, 11) is 1.94. The molecule has 0 bridgehead atoms. The fourth-order valence-electron chi connectivity index (χ4n) is 2.02. The summed E-state index contributed by atoms with van der Waals surface area (Å²) in [6, 6.07) is 0.389. The van der Waals surface area contributed by atoms with Crippen molar-refractivity contribution in [2.24, 2.45) is 7.05 Å². The topological polar surface area (TPSA) is 46.1 Å². The van der Waals surface area contributed by atoms with Crippen LogP contribution in [0.5, 0.6) is 0 Å². The van der Waals surface area contributed by atoms with Crippen LogP contribution in [0.25, 0.3) is 0 Å². The highest BCUT2D eigenvalue weighted by atomic mass is 32.1. The predicted octanol–water partition coefficient (Wildman–Crippen LogP) is 1.48. The Kier molecular flexibility index (Phi) is 3.30. The van der Waals surface area contributed by atoms with Crippen LogP contribution in [0, 0.1) is 4.77 Å². The Bertz CT molecular complexity index is 413. The van der Waals surface area contributed by atoms with Gasteiger partial charge in [-0.05, 0) is 25.6 Å². The van der Waals surface area contributed by atoms with Crippen LogP contribution in [-0.2, 0) is 11.8 Å². The molecule has 2 rings (SSSR count). The van der Waals surface area contributed by atoms with E-state index in [0.29, 0.717) is 10.8 Å². The van der Waals surface area contributed by atoms with E-state index in [1.165, 1.54) is 0 Å². The highest BCUT2D eigenvalue weighted by molar-refractivity contribution is 7.71. The molecule has 1 aromatic heterocycles. The van der Waals surface area contributed by atoms with Crippen molar-refractivity contribution in [3.8, 4) is 0 Å². The van der Waals surface area contributed by atoms with Gasteiger partial charge in [-0.3, -0.25) is 4.57 Å². The molecule has 0 spiro atoms. The first kappa shape index (κ1) is 11.6. The van der Waals surface area contributed by atoms with Crippen LogP contribution in [0.4, 0.5) is 5.95 Å². The van der Waals surface area contributed by atoms with Gasteiger partial charge < -0.3 is 9.64 Å². The molecule has 1 saturated heterocycles. The molecule has 16 heavy (non-hydrogen) atoms. The Labute approximate surface area is 100 Å². The molecule has 0 aliphatic carbocycles. The molecule has 2 heterocycles. The zero-order chi connectivity index (χ0) is 11.7. The number of morpholine rings is 1.